The van der Waals surface area contributed by atoms with E-state index < -0.39 is 16.5 Å². The first-order chi connectivity index (χ1) is 10.2. The lowest BCUT2D eigenvalue weighted by Gasteiger charge is -2.61. The zero-order valence-electron chi connectivity index (χ0n) is 17.0. The van der Waals surface area contributed by atoms with Crippen LogP contribution in [0.15, 0.2) is 30.8 Å². The maximum atomic E-state index is 4.07. The molecule has 130 valence electrons. The van der Waals surface area contributed by atoms with Crippen LogP contribution in [0.1, 0.15) is 47.1 Å². The van der Waals surface area contributed by atoms with Crippen molar-refractivity contribution in [3.63, 3.8) is 0 Å². The first-order valence-electron chi connectivity index (χ1n) is 8.70. The average molecular weight is 348 g/mol. The smallest absolute Gasteiger partial charge is 0.155 e. The summed E-state index contributed by atoms with van der Waals surface area (Å²) < 4.78 is 2.90. The van der Waals surface area contributed by atoms with Gasteiger partial charge in [0, 0.05) is 5.69 Å². The number of nitrogens with zero attached hydrogens (tertiary/aromatic N) is 1. The Labute approximate surface area is 147 Å². The number of anilines is 1. The van der Waals surface area contributed by atoms with E-state index in [0.717, 1.165) is 0 Å². The molecule has 0 atom stereocenters. The van der Waals surface area contributed by atoms with Crippen molar-refractivity contribution in [1.29, 1.82) is 0 Å². The van der Waals surface area contributed by atoms with Gasteiger partial charge in [0.2, 0.25) is 0 Å². The second-order valence-corrected chi connectivity index (χ2v) is 20.7. The van der Waals surface area contributed by atoms with Gasteiger partial charge in [0.05, 0.1) is 0 Å². The topological polar surface area (TPSA) is 3.24 Å². The molecular weight excluding hydrogens is 310 g/mol. The van der Waals surface area contributed by atoms with Gasteiger partial charge in [-0.05, 0) is 21.7 Å². The lowest BCUT2D eigenvalue weighted by Crippen LogP contribution is -2.70. The summed E-state index contributed by atoms with van der Waals surface area (Å²) in [5, 5.41) is 0.555. The molecule has 0 saturated heterocycles. The van der Waals surface area contributed by atoms with Crippen LogP contribution in [0.3, 0.4) is 0 Å². The molecule has 0 saturated carbocycles. The monoisotopic (exact) mass is 347 g/mol. The normalized spacial score (nSPS) is 13.8. The van der Waals surface area contributed by atoms with Gasteiger partial charge in [-0.15, -0.1) is 0 Å². The van der Waals surface area contributed by atoms with Gasteiger partial charge in [0.1, 0.15) is 8.24 Å². The van der Waals surface area contributed by atoms with Gasteiger partial charge >= 0.3 is 0 Å². The van der Waals surface area contributed by atoms with Gasteiger partial charge < -0.3 is 4.23 Å². The van der Waals surface area contributed by atoms with E-state index in [-0.39, 0.29) is 10.1 Å². The lowest BCUT2D eigenvalue weighted by molar-refractivity contribution is 0.613. The molecule has 0 aromatic heterocycles. The zero-order valence-corrected chi connectivity index (χ0v) is 19.0. The molecule has 0 fully saturated rings. The van der Waals surface area contributed by atoms with E-state index in [0.29, 0.717) is 0 Å². The minimum atomic E-state index is -1.86. The van der Waals surface area contributed by atoms with Crippen molar-refractivity contribution in [3.05, 3.63) is 36.4 Å². The summed E-state index contributed by atoms with van der Waals surface area (Å²) in [6, 6.07) is 8.80. The predicted octanol–water partition coefficient (Wildman–Crippen LogP) is 7.15. The summed E-state index contributed by atoms with van der Waals surface area (Å²) in [4.78, 5) is 0. The Morgan fingerprint density at radius 1 is 0.870 bits per heavy atom. The van der Waals surface area contributed by atoms with E-state index in [1.54, 1.807) is 0 Å². The van der Waals surface area contributed by atoms with Gasteiger partial charge in [-0.2, -0.15) is 0 Å². The van der Waals surface area contributed by atoms with Crippen molar-refractivity contribution < 1.29 is 0 Å². The maximum Gasteiger partial charge on any atom is 0.155 e. The largest absolute Gasteiger partial charge is 0.423 e. The highest BCUT2D eigenvalue weighted by Crippen LogP contribution is 2.55. The third kappa shape index (κ3) is 3.66. The Hall–Kier alpha value is -0.806. The van der Waals surface area contributed by atoms with Gasteiger partial charge in [0.25, 0.3) is 0 Å². The van der Waals surface area contributed by atoms with Crippen LogP contribution in [0.2, 0.25) is 36.3 Å². The number of rotatable bonds is 4. The van der Waals surface area contributed by atoms with Crippen molar-refractivity contribution in [2.75, 3.05) is 4.23 Å². The summed E-state index contributed by atoms with van der Waals surface area (Å²) in [6.07, 6.45) is 2.02. The van der Waals surface area contributed by atoms with Crippen LogP contribution < -0.4 is 4.23 Å². The quantitative estimate of drug-likeness (QED) is 0.523. The van der Waals surface area contributed by atoms with Crippen molar-refractivity contribution in [1.82, 2.24) is 0 Å². The zero-order chi connectivity index (χ0) is 18.3. The number of benzene rings is 1. The fraction of sp³-hybridized carbons (Fsp3) is 0.600. The molecule has 1 nitrogen and oxygen atoms in total. The Bertz CT molecular complexity index is 542. The highest BCUT2D eigenvalue weighted by atomic mass is 28.4. The first kappa shape index (κ1) is 20.2. The van der Waals surface area contributed by atoms with Gasteiger partial charge in [-0.1, -0.05) is 98.6 Å². The summed E-state index contributed by atoms with van der Waals surface area (Å²) in [5.41, 5.74) is 2.66. The summed E-state index contributed by atoms with van der Waals surface area (Å²) in [6.45, 7) is 28.7. The molecular formula is C20H37NSi2. The lowest BCUT2D eigenvalue weighted by atomic mass is 10.2. The predicted molar refractivity (Wildman–Crippen MR) is 113 cm³/mol. The fourth-order valence-corrected chi connectivity index (χ4v) is 16.5. The van der Waals surface area contributed by atoms with Crippen molar-refractivity contribution >= 4 is 28.2 Å². The average Bonchev–Trinajstić information content (AvgIpc) is 2.35. The molecule has 0 amide bonds. The van der Waals surface area contributed by atoms with Gasteiger partial charge in [-0.25, -0.2) is 0 Å². The Kier molecular flexibility index (Phi) is 5.50. The van der Waals surface area contributed by atoms with Crippen LogP contribution in [0.4, 0.5) is 5.69 Å². The number of hydrogen-bond donors (Lipinski definition) is 0. The molecule has 1 aromatic carbocycles. The Balaban J connectivity index is 3.81. The molecule has 1 aromatic rings. The standard InChI is InChI=1S/C20H37NSi2/c1-12-17-15-13-14-16-18(17)21(22(8,9)10)23(11,19(2,3)4)20(5,6)7/h12-16H,1H2,2-11H3. The highest BCUT2D eigenvalue weighted by Gasteiger charge is 2.56. The van der Waals surface area contributed by atoms with Gasteiger partial charge in [0.15, 0.2) is 8.24 Å². The van der Waals surface area contributed by atoms with E-state index in [1.165, 1.54) is 11.3 Å². The number of hydrogen-bond acceptors (Lipinski definition) is 1. The van der Waals surface area contributed by atoms with Crippen LogP contribution in [-0.4, -0.2) is 16.5 Å². The summed E-state index contributed by atoms with van der Waals surface area (Å²) >= 11 is 0. The molecule has 23 heavy (non-hydrogen) atoms. The third-order valence-corrected chi connectivity index (χ3v) is 17.4. The summed E-state index contributed by atoms with van der Waals surface area (Å²) in [7, 11) is -3.44. The Morgan fingerprint density at radius 2 is 1.30 bits per heavy atom. The van der Waals surface area contributed by atoms with Gasteiger partial charge in [-0.3, -0.25) is 0 Å². The van der Waals surface area contributed by atoms with E-state index in [1.807, 2.05) is 6.08 Å². The number of para-hydroxylation sites is 1. The van der Waals surface area contributed by atoms with Crippen LogP contribution in [0, 0.1) is 0 Å². The molecule has 0 bridgehead atoms. The summed E-state index contributed by atoms with van der Waals surface area (Å²) in [5.74, 6) is 0. The highest BCUT2D eigenvalue weighted by molar-refractivity contribution is 7.02. The van der Waals surface area contributed by atoms with Crippen molar-refractivity contribution in [3.8, 4) is 0 Å². The molecule has 0 heterocycles. The second-order valence-electron chi connectivity index (χ2n) is 9.84. The minimum absolute atomic E-state index is 0.278. The molecule has 0 aliphatic rings. The second kappa shape index (κ2) is 6.25. The van der Waals surface area contributed by atoms with E-state index in [4.69, 9.17) is 0 Å². The molecule has 0 aliphatic heterocycles. The third-order valence-electron chi connectivity index (χ3n) is 5.44. The minimum Gasteiger partial charge on any atom is -0.423 e. The maximum absolute atomic E-state index is 4.07. The SMILES string of the molecule is C=Cc1ccccc1N([Si](C)(C)C)[Si](C)(C(C)(C)C)C(C)(C)C. The molecule has 0 aliphatic carbocycles. The molecule has 0 spiro atoms. The van der Waals surface area contributed by atoms with Crippen LogP contribution in [0.5, 0.6) is 0 Å². The fourth-order valence-electron chi connectivity index (χ4n) is 3.93. The van der Waals surface area contributed by atoms with Crippen LogP contribution in [0.25, 0.3) is 6.08 Å². The van der Waals surface area contributed by atoms with Crippen molar-refractivity contribution in [2.45, 2.75) is 77.8 Å². The molecule has 3 heteroatoms. The molecule has 0 radical (unpaired) electrons. The van der Waals surface area contributed by atoms with E-state index in [9.17, 15) is 0 Å². The van der Waals surface area contributed by atoms with Crippen molar-refractivity contribution in [2.24, 2.45) is 0 Å². The van der Waals surface area contributed by atoms with Crippen LogP contribution in [-0.2, 0) is 0 Å². The molecule has 0 N–H and O–H groups in total. The molecule has 1 rings (SSSR count). The van der Waals surface area contributed by atoms with Crippen LogP contribution >= 0.6 is 0 Å². The first-order valence-corrected chi connectivity index (χ1v) is 14.6. The molecule has 0 unspecified atom stereocenters. The Morgan fingerprint density at radius 3 is 1.65 bits per heavy atom. The van der Waals surface area contributed by atoms with E-state index in [2.05, 4.69) is 103 Å². The van der Waals surface area contributed by atoms with E-state index >= 15 is 0 Å².